The lowest BCUT2D eigenvalue weighted by atomic mass is 9.89. The van der Waals surface area contributed by atoms with E-state index < -0.39 is 27.4 Å². The lowest BCUT2D eigenvalue weighted by molar-refractivity contribution is -0.0761. The zero-order chi connectivity index (χ0) is 22.3. The molecule has 0 fully saturated rings. The van der Waals surface area contributed by atoms with E-state index in [0.29, 0.717) is 18.4 Å². The van der Waals surface area contributed by atoms with E-state index in [2.05, 4.69) is 4.28 Å². The van der Waals surface area contributed by atoms with E-state index in [1.807, 2.05) is 13.8 Å². The molecule has 2 amide bonds. The minimum atomic E-state index is -6.21. The number of rotatable bonds is 7. The molecule has 2 aromatic carbocycles. The lowest BCUT2D eigenvalue weighted by Crippen LogP contribution is -2.44. The minimum absolute atomic E-state index is 0.145. The number of hydroxylamine groups is 2. The first kappa shape index (κ1) is 22.2. The van der Waals surface area contributed by atoms with Crippen LogP contribution in [0.5, 0.6) is 0 Å². The highest BCUT2D eigenvalue weighted by Gasteiger charge is 2.51. The lowest BCUT2D eigenvalue weighted by Gasteiger charge is -2.27. The number of carbonyl (C=O) groups excluding carboxylic acids is 2. The first-order chi connectivity index (χ1) is 14.0. The Morgan fingerprint density at radius 3 is 2.23 bits per heavy atom. The Bertz CT molecular complexity index is 1080. The maximum Gasteiger partial charge on any atom is 0.525 e. The summed E-state index contributed by atoms with van der Waals surface area (Å²) in [5, 5.41) is 0.373. The number of imide groups is 1. The number of carbonyl (C=O) groups is 2. The Kier molecular flexibility index (Phi) is 5.89. The van der Waals surface area contributed by atoms with E-state index in [0.717, 1.165) is 12.0 Å². The van der Waals surface area contributed by atoms with Gasteiger partial charge in [-0.2, -0.15) is 21.6 Å². The molecule has 1 atom stereocenters. The Balaban J connectivity index is 2.15. The third-order valence-corrected chi connectivity index (χ3v) is 5.54. The van der Waals surface area contributed by atoms with Crippen LogP contribution in [0.1, 0.15) is 59.1 Å². The van der Waals surface area contributed by atoms with Crippen LogP contribution >= 0.6 is 0 Å². The van der Waals surface area contributed by atoms with Gasteiger partial charge in [0.25, 0.3) is 11.8 Å². The monoisotopic (exact) mass is 445 g/mol. The Hall–Kier alpha value is -2.50. The average molecular weight is 445 g/mol. The number of alkyl halides is 3. The molecule has 0 saturated heterocycles. The molecule has 2 aromatic rings. The summed E-state index contributed by atoms with van der Waals surface area (Å²) in [4.78, 5) is 25.3. The van der Waals surface area contributed by atoms with Gasteiger partial charge in [-0.15, -0.1) is 9.35 Å². The van der Waals surface area contributed by atoms with Gasteiger partial charge in [-0.05, 0) is 36.4 Å². The molecule has 162 valence electrons. The molecule has 0 aliphatic carbocycles. The van der Waals surface area contributed by atoms with E-state index in [1.54, 1.807) is 12.1 Å². The highest BCUT2D eigenvalue weighted by Crippen LogP contribution is 2.37. The molecule has 1 aliphatic rings. The van der Waals surface area contributed by atoms with Gasteiger partial charge >= 0.3 is 15.6 Å². The standard InChI is InChI=1S/C19H18F3NO6S/c1-3-6-15(28-4-2)11-9-10-14-16-12(11)7-5-8-13(16)17(24)23(18(14)25)29-30(26,27)19(20,21)22/h5,7-10,15H,3-4,6H2,1-2H3. The minimum Gasteiger partial charge on any atom is -0.374 e. The van der Waals surface area contributed by atoms with Gasteiger partial charge in [-0.3, -0.25) is 9.59 Å². The summed E-state index contributed by atoms with van der Waals surface area (Å²) in [6.45, 7) is 4.24. The molecule has 1 heterocycles. The van der Waals surface area contributed by atoms with Crippen LogP contribution in [-0.2, 0) is 19.1 Å². The van der Waals surface area contributed by atoms with Gasteiger partial charge in [0.1, 0.15) is 0 Å². The van der Waals surface area contributed by atoms with E-state index >= 15 is 0 Å². The zero-order valence-corrected chi connectivity index (χ0v) is 16.8. The zero-order valence-electron chi connectivity index (χ0n) is 16.0. The van der Waals surface area contributed by atoms with Crippen molar-refractivity contribution in [3.63, 3.8) is 0 Å². The summed E-state index contributed by atoms with van der Waals surface area (Å²) in [6, 6.07) is 7.36. The normalized spacial score (nSPS) is 15.7. The largest absolute Gasteiger partial charge is 0.525 e. The van der Waals surface area contributed by atoms with Crippen LogP contribution in [0.15, 0.2) is 30.3 Å². The molecule has 0 saturated carbocycles. The topological polar surface area (TPSA) is 90.0 Å². The van der Waals surface area contributed by atoms with Crippen LogP contribution in [0.3, 0.4) is 0 Å². The smallest absolute Gasteiger partial charge is 0.374 e. The predicted molar refractivity (Wildman–Crippen MR) is 99.8 cm³/mol. The summed E-state index contributed by atoms with van der Waals surface area (Å²) in [5.41, 5.74) is -5.37. The molecule has 0 aromatic heterocycles. The van der Waals surface area contributed by atoms with Crippen molar-refractivity contribution in [3.8, 4) is 0 Å². The van der Waals surface area contributed by atoms with Crippen molar-refractivity contribution in [1.29, 1.82) is 0 Å². The second-order valence-corrected chi connectivity index (χ2v) is 8.06. The van der Waals surface area contributed by atoms with Crippen LogP contribution in [0.25, 0.3) is 10.8 Å². The summed E-state index contributed by atoms with van der Waals surface area (Å²) < 4.78 is 70.4. The quantitative estimate of drug-likeness (QED) is 0.471. The SMILES string of the molecule is CCCC(OCC)c1ccc2c3c(cccc13)C(=O)N(OS(=O)(=O)C(F)(F)F)C2=O. The first-order valence-electron chi connectivity index (χ1n) is 9.10. The number of ether oxygens (including phenoxy) is 1. The predicted octanol–water partition coefficient (Wildman–Crippen LogP) is 4.09. The summed E-state index contributed by atoms with van der Waals surface area (Å²) in [5.74, 6) is -2.60. The number of halogens is 3. The highest BCUT2D eigenvalue weighted by molar-refractivity contribution is 7.87. The van der Waals surface area contributed by atoms with Crippen molar-refractivity contribution in [3.05, 3.63) is 47.0 Å². The van der Waals surface area contributed by atoms with Gasteiger partial charge in [0, 0.05) is 12.0 Å². The fourth-order valence-electron chi connectivity index (χ4n) is 3.38. The van der Waals surface area contributed by atoms with Crippen molar-refractivity contribution >= 4 is 32.7 Å². The van der Waals surface area contributed by atoms with Gasteiger partial charge in [0.05, 0.1) is 17.2 Å². The third-order valence-electron chi connectivity index (χ3n) is 4.63. The van der Waals surface area contributed by atoms with Gasteiger partial charge in [-0.25, -0.2) is 0 Å². The molecular weight excluding hydrogens is 427 g/mol. The number of benzene rings is 2. The molecule has 30 heavy (non-hydrogen) atoms. The van der Waals surface area contributed by atoms with E-state index in [9.17, 15) is 31.2 Å². The van der Waals surface area contributed by atoms with Crippen molar-refractivity contribution in [2.75, 3.05) is 6.61 Å². The molecule has 0 N–H and O–H groups in total. The Labute approximate surface area is 170 Å². The van der Waals surface area contributed by atoms with E-state index in [4.69, 9.17) is 4.74 Å². The average Bonchev–Trinajstić information content (AvgIpc) is 2.68. The summed E-state index contributed by atoms with van der Waals surface area (Å²) >= 11 is 0. The van der Waals surface area contributed by atoms with Crippen LogP contribution in [0, 0.1) is 0 Å². The number of hydrogen-bond donors (Lipinski definition) is 0. The summed E-state index contributed by atoms with van der Waals surface area (Å²) in [7, 11) is -6.21. The molecule has 1 unspecified atom stereocenters. The van der Waals surface area contributed by atoms with Crippen LogP contribution in [-0.4, -0.2) is 37.4 Å². The van der Waals surface area contributed by atoms with Crippen LogP contribution < -0.4 is 0 Å². The molecule has 1 aliphatic heterocycles. The molecule has 11 heteroatoms. The van der Waals surface area contributed by atoms with Gasteiger partial charge in [0.2, 0.25) is 0 Å². The van der Waals surface area contributed by atoms with Crippen molar-refractivity contribution < 1.29 is 40.2 Å². The molecule has 0 radical (unpaired) electrons. The first-order valence-corrected chi connectivity index (χ1v) is 10.5. The van der Waals surface area contributed by atoms with Crippen LogP contribution in [0.4, 0.5) is 13.2 Å². The fraction of sp³-hybridized carbons (Fsp3) is 0.368. The number of amides is 2. The molecule has 0 spiro atoms. The third kappa shape index (κ3) is 3.68. The second kappa shape index (κ2) is 7.97. The van der Waals surface area contributed by atoms with Gasteiger partial charge in [-0.1, -0.05) is 31.5 Å². The highest BCUT2D eigenvalue weighted by atomic mass is 32.2. The van der Waals surface area contributed by atoms with E-state index in [1.165, 1.54) is 18.2 Å². The number of nitrogens with zero attached hydrogens (tertiary/aromatic N) is 1. The second-order valence-electron chi connectivity index (χ2n) is 6.54. The maximum absolute atomic E-state index is 12.7. The van der Waals surface area contributed by atoms with Crippen LogP contribution in [0.2, 0.25) is 0 Å². The Morgan fingerprint density at radius 2 is 1.67 bits per heavy atom. The van der Waals surface area contributed by atoms with Gasteiger partial charge in [0.15, 0.2) is 0 Å². The van der Waals surface area contributed by atoms with Crippen molar-refractivity contribution in [1.82, 2.24) is 5.06 Å². The fourth-order valence-corrected chi connectivity index (χ4v) is 3.79. The van der Waals surface area contributed by atoms with E-state index in [-0.39, 0.29) is 27.7 Å². The molecule has 0 bridgehead atoms. The molecule has 3 rings (SSSR count). The summed E-state index contributed by atoms with van der Waals surface area (Å²) in [6.07, 6.45) is 1.17. The maximum atomic E-state index is 12.7. The van der Waals surface area contributed by atoms with Gasteiger partial charge < -0.3 is 4.74 Å². The number of hydrogen-bond acceptors (Lipinski definition) is 6. The Morgan fingerprint density at radius 1 is 1.03 bits per heavy atom. The molecule has 7 nitrogen and oxygen atoms in total. The van der Waals surface area contributed by atoms with Crippen molar-refractivity contribution in [2.24, 2.45) is 0 Å². The van der Waals surface area contributed by atoms with Crippen molar-refractivity contribution in [2.45, 2.75) is 38.3 Å². The molecular formula is C19H18F3NO6S.